The van der Waals surface area contributed by atoms with E-state index in [4.69, 9.17) is 5.26 Å². The highest BCUT2D eigenvalue weighted by molar-refractivity contribution is 5.95. The van der Waals surface area contributed by atoms with E-state index in [1.54, 1.807) is 28.9 Å². The normalized spacial score (nSPS) is 17.7. The minimum atomic E-state index is -0.0153. The van der Waals surface area contributed by atoms with Crippen LogP contribution in [0.25, 0.3) is 0 Å². The number of aryl methyl sites for hydroxylation is 1. The Labute approximate surface area is 123 Å². The molecule has 1 atom stereocenters. The van der Waals surface area contributed by atoms with E-state index in [0.29, 0.717) is 11.1 Å². The van der Waals surface area contributed by atoms with Gasteiger partial charge in [0.1, 0.15) is 0 Å². The Hall–Kier alpha value is -2.61. The van der Waals surface area contributed by atoms with Crippen molar-refractivity contribution in [1.82, 2.24) is 14.7 Å². The van der Waals surface area contributed by atoms with Gasteiger partial charge < -0.3 is 4.90 Å². The molecule has 5 nitrogen and oxygen atoms in total. The van der Waals surface area contributed by atoms with Crippen LogP contribution < -0.4 is 0 Å². The monoisotopic (exact) mass is 280 g/mol. The van der Waals surface area contributed by atoms with Crippen LogP contribution in [0.3, 0.4) is 0 Å². The van der Waals surface area contributed by atoms with Crippen molar-refractivity contribution in [3.8, 4) is 6.07 Å². The van der Waals surface area contributed by atoms with Crippen molar-refractivity contribution in [3.63, 3.8) is 0 Å². The summed E-state index contributed by atoms with van der Waals surface area (Å²) in [6.07, 6.45) is 5.72. The maximum Gasteiger partial charge on any atom is 0.254 e. The van der Waals surface area contributed by atoms with E-state index in [1.807, 2.05) is 24.3 Å². The molecule has 21 heavy (non-hydrogen) atoms. The second-order valence-corrected chi connectivity index (χ2v) is 5.30. The zero-order valence-corrected chi connectivity index (χ0v) is 11.9. The number of hydrogen-bond acceptors (Lipinski definition) is 3. The van der Waals surface area contributed by atoms with Crippen molar-refractivity contribution in [3.05, 3.63) is 53.3 Å². The largest absolute Gasteiger partial charge is 0.331 e. The Morgan fingerprint density at radius 3 is 3.05 bits per heavy atom. The van der Waals surface area contributed by atoms with E-state index in [2.05, 4.69) is 11.2 Å². The van der Waals surface area contributed by atoms with Gasteiger partial charge in [0.25, 0.3) is 5.91 Å². The number of nitriles is 1. The first-order valence-electron chi connectivity index (χ1n) is 6.99. The molecule has 1 saturated heterocycles. The van der Waals surface area contributed by atoms with Crippen molar-refractivity contribution < 1.29 is 4.79 Å². The molecule has 1 aliphatic heterocycles. The molecule has 0 radical (unpaired) electrons. The van der Waals surface area contributed by atoms with E-state index in [1.165, 1.54) is 0 Å². The van der Waals surface area contributed by atoms with E-state index >= 15 is 0 Å². The summed E-state index contributed by atoms with van der Waals surface area (Å²) in [6.45, 7) is 0.745. The van der Waals surface area contributed by atoms with Crippen LogP contribution in [-0.2, 0) is 7.05 Å². The zero-order valence-electron chi connectivity index (χ0n) is 11.9. The van der Waals surface area contributed by atoms with Crippen LogP contribution in [0.5, 0.6) is 0 Å². The third kappa shape index (κ3) is 2.52. The molecule has 0 saturated carbocycles. The number of nitrogens with zero attached hydrogens (tertiary/aromatic N) is 4. The number of likely N-dealkylation sites (tertiary alicyclic amines) is 1. The van der Waals surface area contributed by atoms with Gasteiger partial charge in [0.15, 0.2) is 0 Å². The van der Waals surface area contributed by atoms with Gasteiger partial charge in [-0.1, -0.05) is 6.07 Å². The van der Waals surface area contributed by atoms with Gasteiger partial charge >= 0.3 is 0 Å². The Balaban J connectivity index is 1.88. The van der Waals surface area contributed by atoms with Gasteiger partial charge in [0.2, 0.25) is 0 Å². The van der Waals surface area contributed by atoms with Crippen molar-refractivity contribution in [2.45, 2.75) is 18.9 Å². The molecular formula is C16H16N4O. The Morgan fingerprint density at radius 2 is 2.33 bits per heavy atom. The molecule has 1 aliphatic rings. The van der Waals surface area contributed by atoms with Crippen LogP contribution in [0.1, 0.15) is 40.4 Å². The lowest BCUT2D eigenvalue weighted by Gasteiger charge is -2.24. The molecule has 5 heteroatoms. The van der Waals surface area contributed by atoms with Gasteiger partial charge in [0, 0.05) is 30.9 Å². The molecule has 0 N–H and O–H groups in total. The molecule has 1 fully saturated rings. The number of carbonyl (C=O) groups excluding carboxylic acids is 1. The van der Waals surface area contributed by atoms with Crippen LogP contribution in [0.15, 0.2) is 36.7 Å². The minimum absolute atomic E-state index is 0.0153. The molecule has 0 unspecified atom stereocenters. The Morgan fingerprint density at radius 1 is 1.48 bits per heavy atom. The summed E-state index contributed by atoms with van der Waals surface area (Å²) >= 11 is 0. The lowest BCUT2D eigenvalue weighted by atomic mass is 10.1. The highest BCUT2D eigenvalue weighted by Crippen LogP contribution is 2.32. The number of aromatic nitrogens is 2. The summed E-state index contributed by atoms with van der Waals surface area (Å²) in [5.74, 6) is -0.0153. The molecule has 0 spiro atoms. The Bertz CT molecular complexity index is 713. The second kappa shape index (κ2) is 5.41. The SMILES string of the molecule is Cn1cc([C@@H]2CCCN2C(=O)c2cccc(C#N)c2)cn1. The van der Waals surface area contributed by atoms with Gasteiger partial charge in [0.05, 0.1) is 23.9 Å². The van der Waals surface area contributed by atoms with Gasteiger partial charge in [-0.15, -0.1) is 0 Å². The number of rotatable bonds is 2. The Kier molecular flexibility index (Phi) is 3.44. The number of carbonyl (C=O) groups is 1. The lowest BCUT2D eigenvalue weighted by molar-refractivity contribution is 0.0735. The van der Waals surface area contributed by atoms with E-state index in [9.17, 15) is 4.79 Å². The molecular weight excluding hydrogens is 264 g/mol. The smallest absolute Gasteiger partial charge is 0.254 e. The molecule has 0 bridgehead atoms. The third-order valence-electron chi connectivity index (χ3n) is 3.86. The fraction of sp³-hybridized carbons (Fsp3) is 0.312. The predicted molar refractivity (Wildman–Crippen MR) is 77.4 cm³/mol. The van der Waals surface area contributed by atoms with Crippen LogP contribution in [0, 0.1) is 11.3 Å². The van der Waals surface area contributed by atoms with Crippen LogP contribution in [-0.4, -0.2) is 27.1 Å². The van der Waals surface area contributed by atoms with E-state index in [-0.39, 0.29) is 11.9 Å². The number of hydrogen-bond donors (Lipinski definition) is 0. The van der Waals surface area contributed by atoms with Crippen LogP contribution in [0.4, 0.5) is 0 Å². The summed E-state index contributed by atoms with van der Waals surface area (Å²) < 4.78 is 1.76. The first-order chi connectivity index (χ1) is 10.2. The molecule has 3 rings (SSSR count). The summed E-state index contributed by atoms with van der Waals surface area (Å²) in [4.78, 5) is 14.6. The summed E-state index contributed by atoms with van der Waals surface area (Å²) in [6, 6.07) is 9.03. The standard InChI is InChI=1S/C16H16N4O/c1-19-11-14(10-18-19)15-6-3-7-20(15)16(21)13-5-2-4-12(8-13)9-17/h2,4-5,8,10-11,15H,3,6-7H2,1H3/t15-/m0/s1. The fourth-order valence-corrected chi connectivity index (χ4v) is 2.86. The first kappa shape index (κ1) is 13.4. The molecule has 2 aromatic rings. The third-order valence-corrected chi connectivity index (χ3v) is 3.86. The van der Waals surface area contributed by atoms with Gasteiger partial charge in [-0.3, -0.25) is 9.48 Å². The number of benzene rings is 1. The second-order valence-electron chi connectivity index (χ2n) is 5.30. The van der Waals surface area contributed by atoms with Crippen LogP contribution >= 0.6 is 0 Å². The molecule has 2 heterocycles. The molecule has 1 aromatic heterocycles. The average molecular weight is 280 g/mol. The lowest BCUT2D eigenvalue weighted by Crippen LogP contribution is -2.30. The maximum absolute atomic E-state index is 12.7. The minimum Gasteiger partial charge on any atom is -0.331 e. The predicted octanol–water partition coefficient (Wildman–Crippen LogP) is 2.27. The highest BCUT2D eigenvalue weighted by atomic mass is 16.2. The highest BCUT2D eigenvalue weighted by Gasteiger charge is 2.31. The quantitative estimate of drug-likeness (QED) is 0.847. The van der Waals surface area contributed by atoms with E-state index < -0.39 is 0 Å². The first-order valence-corrected chi connectivity index (χ1v) is 6.99. The van der Waals surface area contributed by atoms with Gasteiger partial charge in [-0.05, 0) is 31.0 Å². The van der Waals surface area contributed by atoms with Crippen molar-refractivity contribution in [1.29, 1.82) is 5.26 Å². The van der Waals surface area contributed by atoms with Crippen molar-refractivity contribution in [2.24, 2.45) is 7.05 Å². The van der Waals surface area contributed by atoms with Crippen LogP contribution in [0.2, 0.25) is 0 Å². The van der Waals surface area contributed by atoms with Crippen molar-refractivity contribution >= 4 is 5.91 Å². The summed E-state index contributed by atoms with van der Waals surface area (Å²) in [7, 11) is 1.88. The maximum atomic E-state index is 12.7. The van der Waals surface area contributed by atoms with E-state index in [0.717, 1.165) is 24.9 Å². The fourth-order valence-electron chi connectivity index (χ4n) is 2.86. The number of amides is 1. The average Bonchev–Trinajstić information content (AvgIpc) is 3.15. The molecule has 1 amide bonds. The van der Waals surface area contributed by atoms with Gasteiger partial charge in [-0.2, -0.15) is 10.4 Å². The van der Waals surface area contributed by atoms with Crippen molar-refractivity contribution in [2.75, 3.05) is 6.54 Å². The zero-order chi connectivity index (χ0) is 14.8. The van der Waals surface area contributed by atoms with Gasteiger partial charge in [-0.25, -0.2) is 0 Å². The molecule has 106 valence electrons. The molecule has 1 aromatic carbocycles. The molecule has 0 aliphatic carbocycles. The summed E-state index contributed by atoms with van der Waals surface area (Å²) in [5, 5.41) is 13.1. The topological polar surface area (TPSA) is 61.9 Å². The summed E-state index contributed by atoms with van der Waals surface area (Å²) in [5.41, 5.74) is 2.16.